The van der Waals surface area contributed by atoms with Crippen molar-refractivity contribution in [2.75, 3.05) is 0 Å². The fraction of sp³-hybridized carbons (Fsp3) is 0.333. The highest BCUT2D eigenvalue weighted by Gasteiger charge is 2.21. The summed E-state index contributed by atoms with van der Waals surface area (Å²) in [4.78, 5) is 11.7. The third-order valence-electron chi connectivity index (χ3n) is 3.39. The van der Waals surface area contributed by atoms with Gasteiger partial charge in [-0.15, -0.1) is 22.9 Å². The Kier molecular flexibility index (Phi) is 3.52. The van der Waals surface area contributed by atoms with Gasteiger partial charge in [-0.1, -0.05) is 0 Å². The Hall–Kier alpha value is -1.39. The van der Waals surface area contributed by atoms with Crippen molar-refractivity contribution in [3.63, 3.8) is 0 Å². The summed E-state index contributed by atoms with van der Waals surface area (Å²) in [6, 6.07) is 8.38. The number of pyridine rings is 1. The van der Waals surface area contributed by atoms with Gasteiger partial charge in [0.15, 0.2) is 5.65 Å². The van der Waals surface area contributed by atoms with Crippen LogP contribution in [0.4, 0.5) is 0 Å². The van der Waals surface area contributed by atoms with Crippen LogP contribution < -0.4 is 0 Å². The van der Waals surface area contributed by atoms with Crippen molar-refractivity contribution in [2.24, 2.45) is 0 Å². The molecule has 0 radical (unpaired) electrons. The second-order valence-electron chi connectivity index (χ2n) is 4.93. The Morgan fingerprint density at radius 2 is 2.05 bits per heavy atom. The van der Waals surface area contributed by atoms with E-state index in [1.807, 2.05) is 19.1 Å². The van der Waals surface area contributed by atoms with Crippen molar-refractivity contribution < 1.29 is 0 Å². The summed E-state index contributed by atoms with van der Waals surface area (Å²) in [7, 11) is 0. The molecule has 0 spiro atoms. The van der Waals surface area contributed by atoms with E-state index in [4.69, 9.17) is 11.6 Å². The number of aryl methyl sites for hydroxylation is 1. The van der Waals surface area contributed by atoms with Crippen LogP contribution in [0, 0.1) is 6.92 Å². The van der Waals surface area contributed by atoms with Gasteiger partial charge in [0, 0.05) is 16.0 Å². The summed E-state index contributed by atoms with van der Waals surface area (Å²) in [5.41, 5.74) is 1.80. The van der Waals surface area contributed by atoms with Crippen molar-refractivity contribution >= 4 is 34.1 Å². The van der Waals surface area contributed by atoms with Gasteiger partial charge in [0.1, 0.15) is 11.3 Å². The van der Waals surface area contributed by atoms with Gasteiger partial charge in [-0.25, -0.2) is 9.97 Å². The number of halogens is 1. The van der Waals surface area contributed by atoms with Gasteiger partial charge in [0.25, 0.3) is 0 Å². The molecular formula is C15H16ClN3S. The molecule has 0 aliphatic heterocycles. The fourth-order valence-electron chi connectivity index (χ4n) is 2.41. The number of aromatic nitrogens is 3. The van der Waals surface area contributed by atoms with E-state index >= 15 is 0 Å². The lowest BCUT2D eigenvalue weighted by Crippen LogP contribution is -2.10. The third kappa shape index (κ3) is 2.23. The number of alkyl halides is 1. The number of nitrogens with zero attached hydrogens (tertiary/aromatic N) is 3. The van der Waals surface area contributed by atoms with Crippen molar-refractivity contribution in [3.8, 4) is 0 Å². The SMILES string of the molecule is Cc1ccc(C(C)n2c(C(C)Cl)nc3cccnc32)s1. The molecule has 0 aliphatic carbocycles. The predicted molar refractivity (Wildman–Crippen MR) is 84.7 cm³/mol. The monoisotopic (exact) mass is 305 g/mol. The van der Waals surface area contributed by atoms with Crippen molar-refractivity contribution in [1.82, 2.24) is 14.5 Å². The second-order valence-corrected chi connectivity index (χ2v) is 6.90. The molecule has 2 unspecified atom stereocenters. The molecule has 3 heterocycles. The highest BCUT2D eigenvalue weighted by molar-refractivity contribution is 7.12. The van der Waals surface area contributed by atoms with E-state index in [-0.39, 0.29) is 11.4 Å². The lowest BCUT2D eigenvalue weighted by molar-refractivity contribution is 0.623. The van der Waals surface area contributed by atoms with Gasteiger partial charge in [-0.3, -0.25) is 0 Å². The van der Waals surface area contributed by atoms with Gasteiger partial charge in [0.05, 0.1) is 11.4 Å². The van der Waals surface area contributed by atoms with Crippen LogP contribution in [0.3, 0.4) is 0 Å². The smallest absolute Gasteiger partial charge is 0.160 e. The van der Waals surface area contributed by atoms with Crippen LogP contribution in [-0.2, 0) is 0 Å². The van der Waals surface area contributed by atoms with Crippen molar-refractivity contribution in [3.05, 3.63) is 46.0 Å². The molecule has 0 aromatic carbocycles. The van der Waals surface area contributed by atoms with Gasteiger partial charge in [-0.2, -0.15) is 0 Å². The van der Waals surface area contributed by atoms with Crippen LogP contribution in [0.25, 0.3) is 11.2 Å². The van der Waals surface area contributed by atoms with E-state index in [0.717, 1.165) is 17.0 Å². The highest BCUT2D eigenvalue weighted by atomic mass is 35.5. The Labute approximate surface area is 127 Å². The highest BCUT2D eigenvalue weighted by Crippen LogP contribution is 2.32. The first-order valence-electron chi connectivity index (χ1n) is 6.61. The largest absolute Gasteiger partial charge is 0.303 e. The van der Waals surface area contributed by atoms with Crippen LogP contribution in [0.1, 0.15) is 40.8 Å². The van der Waals surface area contributed by atoms with E-state index in [9.17, 15) is 0 Å². The summed E-state index contributed by atoms with van der Waals surface area (Å²) in [6.45, 7) is 6.24. The molecule has 2 atom stereocenters. The van der Waals surface area contributed by atoms with E-state index in [1.165, 1.54) is 9.75 Å². The average Bonchev–Trinajstić information content (AvgIpc) is 3.01. The Morgan fingerprint density at radius 1 is 1.25 bits per heavy atom. The summed E-state index contributed by atoms with van der Waals surface area (Å²) < 4.78 is 2.15. The molecule has 20 heavy (non-hydrogen) atoms. The van der Waals surface area contributed by atoms with Crippen molar-refractivity contribution in [2.45, 2.75) is 32.2 Å². The average molecular weight is 306 g/mol. The fourth-order valence-corrected chi connectivity index (χ4v) is 3.49. The van der Waals surface area contributed by atoms with Crippen LogP contribution in [0.5, 0.6) is 0 Å². The minimum atomic E-state index is -0.146. The van der Waals surface area contributed by atoms with Crippen LogP contribution >= 0.6 is 22.9 Å². The van der Waals surface area contributed by atoms with E-state index < -0.39 is 0 Å². The maximum atomic E-state index is 6.31. The standard InChI is InChI=1S/C15H16ClN3S/c1-9-6-7-13(20-9)11(3)19-14(10(2)16)18-12-5-4-8-17-15(12)19/h4-8,10-11H,1-3H3. The molecule has 104 valence electrons. The number of fused-ring (bicyclic) bond motifs is 1. The molecule has 0 fully saturated rings. The number of rotatable bonds is 3. The molecule has 3 aromatic rings. The van der Waals surface area contributed by atoms with Crippen LogP contribution in [0.15, 0.2) is 30.5 Å². The number of hydrogen-bond acceptors (Lipinski definition) is 3. The molecule has 0 saturated heterocycles. The molecule has 3 aromatic heterocycles. The molecule has 0 N–H and O–H groups in total. The lowest BCUT2D eigenvalue weighted by Gasteiger charge is -2.16. The van der Waals surface area contributed by atoms with Gasteiger partial charge >= 0.3 is 0 Å². The molecule has 0 saturated carbocycles. The first kappa shape index (κ1) is 13.6. The molecule has 3 nitrogen and oxygen atoms in total. The third-order valence-corrected chi connectivity index (χ3v) is 4.76. The Morgan fingerprint density at radius 3 is 2.70 bits per heavy atom. The Bertz CT molecular complexity index is 744. The van der Waals surface area contributed by atoms with E-state index in [1.54, 1.807) is 17.5 Å². The minimum absolute atomic E-state index is 0.146. The zero-order chi connectivity index (χ0) is 14.3. The Balaban J connectivity index is 2.20. The van der Waals surface area contributed by atoms with E-state index in [2.05, 4.69) is 40.5 Å². The number of thiophene rings is 1. The van der Waals surface area contributed by atoms with Crippen molar-refractivity contribution in [1.29, 1.82) is 0 Å². The summed E-state index contributed by atoms with van der Waals surface area (Å²) in [5, 5.41) is -0.146. The number of imidazole rings is 1. The van der Waals surface area contributed by atoms with Gasteiger partial charge in [-0.05, 0) is 45.0 Å². The summed E-state index contributed by atoms with van der Waals surface area (Å²) >= 11 is 8.11. The summed E-state index contributed by atoms with van der Waals surface area (Å²) in [5.74, 6) is 0.874. The first-order valence-corrected chi connectivity index (χ1v) is 7.86. The normalized spacial score (nSPS) is 14.6. The summed E-state index contributed by atoms with van der Waals surface area (Å²) in [6.07, 6.45) is 1.80. The second kappa shape index (κ2) is 5.19. The quantitative estimate of drug-likeness (QED) is 0.656. The maximum Gasteiger partial charge on any atom is 0.160 e. The molecular weight excluding hydrogens is 290 g/mol. The zero-order valence-corrected chi connectivity index (χ0v) is 13.2. The first-order chi connectivity index (χ1) is 9.58. The van der Waals surface area contributed by atoms with Crippen LogP contribution in [0.2, 0.25) is 0 Å². The van der Waals surface area contributed by atoms with Gasteiger partial charge in [0.2, 0.25) is 0 Å². The number of hydrogen-bond donors (Lipinski definition) is 0. The van der Waals surface area contributed by atoms with Gasteiger partial charge < -0.3 is 4.57 Å². The zero-order valence-electron chi connectivity index (χ0n) is 11.7. The topological polar surface area (TPSA) is 30.7 Å². The molecule has 0 amide bonds. The molecule has 0 aliphatic rings. The lowest BCUT2D eigenvalue weighted by atomic mass is 10.2. The van der Waals surface area contributed by atoms with Crippen LogP contribution in [-0.4, -0.2) is 14.5 Å². The minimum Gasteiger partial charge on any atom is -0.303 e. The molecule has 3 rings (SSSR count). The maximum absolute atomic E-state index is 6.31. The molecule has 5 heteroatoms. The molecule has 0 bridgehead atoms. The van der Waals surface area contributed by atoms with E-state index in [0.29, 0.717) is 0 Å². The predicted octanol–water partition coefficient (Wildman–Crippen LogP) is 4.71.